The molecule has 0 saturated carbocycles. The molecule has 0 spiro atoms. The first kappa shape index (κ1) is 10.4. The number of hydrogen-bond donors (Lipinski definition) is 1. The molecule has 0 bridgehead atoms. The van der Waals surface area contributed by atoms with Crippen molar-refractivity contribution in [1.29, 1.82) is 0 Å². The van der Waals surface area contributed by atoms with Crippen LogP contribution in [0.25, 0.3) is 16.2 Å². The van der Waals surface area contributed by atoms with Crippen LogP contribution in [0.1, 0.15) is 17.4 Å². The molecule has 0 fully saturated rings. The average Bonchev–Trinajstić information content (AvgIpc) is 2.56. The summed E-state index contributed by atoms with van der Waals surface area (Å²) in [7, 11) is 0. The van der Waals surface area contributed by atoms with Gasteiger partial charge in [-0.3, -0.25) is 0 Å². The molecule has 16 heavy (non-hydrogen) atoms. The summed E-state index contributed by atoms with van der Waals surface area (Å²) in [5, 5.41) is 11.1. The topological polar surface area (TPSA) is 20.2 Å². The van der Waals surface area contributed by atoms with Gasteiger partial charge in [0.2, 0.25) is 0 Å². The van der Waals surface area contributed by atoms with E-state index in [9.17, 15) is 5.11 Å². The average molecular weight is 295 g/mol. The number of hydrogen-bond acceptors (Lipinski definition) is 2. The molecule has 2 aromatic rings. The Bertz CT molecular complexity index is 597. The van der Waals surface area contributed by atoms with E-state index in [-0.39, 0.29) is 0 Å². The van der Waals surface area contributed by atoms with Crippen LogP contribution in [-0.2, 0) is 6.42 Å². The second-order valence-electron chi connectivity index (χ2n) is 4.28. The number of phenolic OH excluding ortho intramolecular Hbond substituents is 1. The summed E-state index contributed by atoms with van der Waals surface area (Å²) in [5.41, 5.74) is 1.29. The van der Waals surface area contributed by atoms with E-state index in [1.807, 2.05) is 0 Å². The van der Waals surface area contributed by atoms with Crippen molar-refractivity contribution in [2.24, 2.45) is 5.92 Å². The number of phenols is 1. The van der Waals surface area contributed by atoms with Gasteiger partial charge < -0.3 is 5.11 Å². The fourth-order valence-corrected chi connectivity index (χ4v) is 3.94. The van der Waals surface area contributed by atoms with E-state index in [1.54, 1.807) is 17.4 Å². The largest absolute Gasteiger partial charge is 0.506 e. The SMILES string of the molecule is CC1C=Cc2c(sc3c(O)cc(Br)cc23)C1. The lowest BCUT2D eigenvalue weighted by Gasteiger charge is -2.10. The van der Waals surface area contributed by atoms with Crippen LogP contribution in [0.5, 0.6) is 5.75 Å². The first-order chi connectivity index (χ1) is 7.65. The molecule has 1 aromatic heterocycles. The number of halogens is 1. The second-order valence-corrected chi connectivity index (χ2v) is 6.30. The third-order valence-electron chi connectivity index (χ3n) is 2.95. The van der Waals surface area contributed by atoms with Crippen molar-refractivity contribution in [1.82, 2.24) is 0 Å². The summed E-state index contributed by atoms with van der Waals surface area (Å²) >= 11 is 5.14. The Morgan fingerprint density at radius 1 is 1.44 bits per heavy atom. The lowest BCUT2D eigenvalue weighted by Crippen LogP contribution is -1.99. The van der Waals surface area contributed by atoms with E-state index < -0.39 is 0 Å². The fraction of sp³-hybridized carbons (Fsp3) is 0.231. The standard InChI is InChI=1S/C13H11BrOS/c1-7-2-3-9-10-5-8(14)6-11(15)13(10)16-12(9)4-7/h2-3,5-7,15H,4H2,1H3. The highest BCUT2D eigenvalue weighted by atomic mass is 79.9. The van der Waals surface area contributed by atoms with Crippen molar-refractivity contribution in [3.8, 4) is 5.75 Å². The van der Waals surface area contributed by atoms with E-state index in [2.05, 4.69) is 41.1 Å². The Kier molecular flexibility index (Phi) is 2.33. The highest BCUT2D eigenvalue weighted by Gasteiger charge is 2.17. The Hall–Kier alpha value is -0.800. The van der Waals surface area contributed by atoms with Crippen LogP contribution in [0, 0.1) is 5.92 Å². The molecule has 0 aliphatic heterocycles. The van der Waals surface area contributed by atoms with E-state index in [0.717, 1.165) is 21.0 Å². The summed E-state index contributed by atoms with van der Waals surface area (Å²) in [6.45, 7) is 2.22. The number of benzene rings is 1. The lowest BCUT2D eigenvalue weighted by atomic mass is 9.96. The highest BCUT2D eigenvalue weighted by molar-refractivity contribution is 9.10. The predicted molar refractivity (Wildman–Crippen MR) is 73.1 cm³/mol. The molecule has 3 rings (SSSR count). The first-order valence-electron chi connectivity index (χ1n) is 5.27. The van der Waals surface area contributed by atoms with Crippen LogP contribution in [0.2, 0.25) is 0 Å². The molecule has 1 N–H and O–H groups in total. The van der Waals surface area contributed by atoms with Gasteiger partial charge in [0.15, 0.2) is 0 Å². The fourth-order valence-electron chi connectivity index (χ4n) is 2.17. The molecule has 1 unspecified atom stereocenters. The van der Waals surface area contributed by atoms with Crippen LogP contribution in [-0.4, -0.2) is 5.11 Å². The summed E-state index contributed by atoms with van der Waals surface area (Å²) in [4.78, 5) is 1.39. The maximum Gasteiger partial charge on any atom is 0.134 e. The van der Waals surface area contributed by atoms with Crippen LogP contribution in [0.3, 0.4) is 0 Å². The molecule has 1 heterocycles. The molecule has 1 nitrogen and oxygen atoms in total. The normalized spacial score (nSPS) is 19.0. The third-order valence-corrected chi connectivity index (χ3v) is 4.67. The highest BCUT2D eigenvalue weighted by Crippen LogP contribution is 2.42. The van der Waals surface area contributed by atoms with E-state index in [4.69, 9.17) is 0 Å². The summed E-state index contributed by atoms with van der Waals surface area (Å²) in [6, 6.07) is 3.85. The minimum atomic E-state index is 0.379. The maximum atomic E-state index is 9.92. The number of rotatable bonds is 0. The van der Waals surface area contributed by atoms with Gasteiger partial charge in [0, 0.05) is 14.7 Å². The molecular weight excluding hydrogens is 284 g/mol. The molecule has 0 radical (unpaired) electrons. The van der Waals surface area contributed by atoms with Crippen molar-refractivity contribution in [2.45, 2.75) is 13.3 Å². The Labute approximate surface area is 107 Å². The zero-order chi connectivity index (χ0) is 11.3. The Morgan fingerprint density at radius 3 is 3.06 bits per heavy atom. The van der Waals surface area contributed by atoms with E-state index in [0.29, 0.717) is 11.7 Å². The monoisotopic (exact) mass is 294 g/mol. The number of allylic oxidation sites excluding steroid dienone is 1. The van der Waals surface area contributed by atoms with Gasteiger partial charge in [-0.2, -0.15) is 0 Å². The van der Waals surface area contributed by atoms with Crippen molar-refractivity contribution < 1.29 is 5.11 Å². The van der Waals surface area contributed by atoms with Crippen molar-refractivity contribution in [3.05, 3.63) is 33.1 Å². The van der Waals surface area contributed by atoms with Gasteiger partial charge in [-0.25, -0.2) is 0 Å². The van der Waals surface area contributed by atoms with Gasteiger partial charge in [0.1, 0.15) is 5.75 Å². The smallest absolute Gasteiger partial charge is 0.134 e. The summed E-state index contributed by atoms with van der Waals surface area (Å²) in [5.74, 6) is 0.982. The Morgan fingerprint density at radius 2 is 2.25 bits per heavy atom. The maximum absolute atomic E-state index is 9.92. The third kappa shape index (κ3) is 1.50. The molecule has 1 aliphatic rings. The molecule has 1 aliphatic carbocycles. The minimum Gasteiger partial charge on any atom is -0.506 e. The van der Waals surface area contributed by atoms with Gasteiger partial charge in [-0.1, -0.05) is 35.0 Å². The van der Waals surface area contributed by atoms with Gasteiger partial charge in [-0.05, 0) is 30.0 Å². The van der Waals surface area contributed by atoms with Gasteiger partial charge in [-0.15, -0.1) is 11.3 Å². The quantitative estimate of drug-likeness (QED) is 0.754. The molecule has 0 amide bonds. The van der Waals surface area contributed by atoms with E-state index >= 15 is 0 Å². The van der Waals surface area contributed by atoms with Crippen LogP contribution in [0.15, 0.2) is 22.7 Å². The first-order valence-corrected chi connectivity index (χ1v) is 6.88. The lowest BCUT2D eigenvalue weighted by molar-refractivity contribution is 0.482. The summed E-state index contributed by atoms with van der Waals surface area (Å²) < 4.78 is 1.94. The molecule has 1 aromatic carbocycles. The minimum absolute atomic E-state index is 0.379. The summed E-state index contributed by atoms with van der Waals surface area (Å²) in [6.07, 6.45) is 5.52. The number of thiophene rings is 1. The van der Waals surface area contributed by atoms with Gasteiger partial charge in [0.25, 0.3) is 0 Å². The Balaban J connectivity index is 2.35. The van der Waals surface area contributed by atoms with Crippen LogP contribution < -0.4 is 0 Å². The van der Waals surface area contributed by atoms with E-state index in [1.165, 1.54) is 10.4 Å². The second kappa shape index (κ2) is 3.60. The van der Waals surface area contributed by atoms with Crippen LogP contribution in [0.4, 0.5) is 0 Å². The van der Waals surface area contributed by atoms with Crippen molar-refractivity contribution in [2.75, 3.05) is 0 Å². The molecule has 3 heteroatoms. The predicted octanol–water partition coefficient (Wildman–Crippen LogP) is 4.57. The molecular formula is C13H11BrOS. The van der Waals surface area contributed by atoms with Crippen molar-refractivity contribution in [3.63, 3.8) is 0 Å². The number of fused-ring (bicyclic) bond motifs is 3. The van der Waals surface area contributed by atoms with Crippen molar-refractivity contribution >= 4 is 43.4 Å². The number of aromatic hydroxyl groups is 1. The zero-order valence-corrected chi connectivity index (χ0v) is 11.2. The molecule has 1 atom stereocenters. The molecule has 82 valence electrons. The zero-order valence-electron chi connectivity index (χ0n) is 8.83. The molecule has 0 saturated heterocycles. The van der Waals surface area contributed by atoms with Gasteiger partial charge in [0.05, 0.1) is 4.70 Å². The van der Waals surface area contributed by atoms with Crippen LogP contribution >= 0.6 is 27.3 Å². The van der Waals surface area contributed by atoms with Gasteiger partial charge >= 0.3 is 0 Å².